The van der Waals surface area contributed by atoms with Crippen LogP contribution >= 0.6 is 11.8 Å². The first-order valence-corrected chi connectivity index (χ1v) is 11.5. The van der Waals surface area contributed by atoms with Crippen molar-refractivity contribution in [1.29, 1.82) is 5.41 Å². The quantitative estimate of drug-likeness (QED) is 0.451. The molecular formula is C24H27N5OS. The second-order valence-corrected chi connectivity index (χ2v) is 8.86. The van der Waals surface area contributed by atoms with Gasteiger partial charge in [0.05, 0.1) is 5.57 Å². The first-order valence-electron chi connectivity index (χ1n) is 10.7. The van der Waals surface area contributed by atoms with E-state index in [9.17, 15) is 4.79 Å². The van der Waals surface area contributed by atoms with Crippen LogP contribution in [-0.4, -0.2) is 31.5 Å². The molecule has 0 bridgehead atoms. The summed E-state index contributed by atoms with van der Waals surface area (Å²) in [7, 11) is 0. The highest BCUT2D eigenvalue weighted by Gasteiger charge is 2.35. The highest BCUT2D eigenvalue weighted by molar-refractivity contribution is 8.26. The summed E-state index contributed by atoms with van der Waals surface area (Å²) in [6.07, 6.45) is 7.27. The molecule has 2 aromatic rings. The van der Waals surface area contributed by atoms with Crippen molar-refractivity contribution >= 4 is 39.8 Å². The predicted molar refractivity (Wildman–Crippen MR) is 129 cm³/mol. The van der Waals surface area contributed by atoms with E-state index in [4.69, 9.17) is 5.41 Å². The van der Waals surface area contributed by atoms with E-state index in [2.05, 4.69) is 33.7 Å². The molecule has 160 valence electrons. The third-order valence-electron chi connectivity index (χ3n) is 5.53. The number of aromatic nitrogens is 1. The van der Waals surface area contributed by atoms with E-state index in [1.807, 2.05) is 38.1 Å². The van der Waals surface area contributed by atoms with Gasteiger partial charge in [-0.1, -0.05) is 44.4 Å². The number of para-hydroxylation sites is 1. The highest BCUT2D eigenvalue weighted by atomic mass is 32.2. The number of hydrazone groups is 1. The minimum Gasteiger partial charge on any atom is -0.318 e. The Morgan fingerprint density at radius 1 is 1.13 bits per heavy atom. The van der Waals surface area contributed by atoms with Gasteiger partial charge in [-0.3, -0.25) is 10.2 Å². The van der Waals surface area contributed by atoms with Crippen LogP contribution in [0.1, 0.15) is 56.0 Å². The number of nitrogens with one attached hydrogen (secondary N) is 1. The first-order chi connectivity index (χ1) is 15.0. The minimum atomic E-state index is -0.379. The molecule has 1 amide bonds. The molecule has 1 N–H and O–H groups in total. The number of nitrogens with zero attached hydrogens (tertiary/aromatic N) is 4. The molecule has 1 aromatic heterocycles. The number of thioether (sulfide) groups is 1. The SMILES string of the molecule is CCCCCCC1=NN2C(=N)/C(=C\c3cc(C)n(-c4ccccc4)c3C)C(=O)N=C2S1. The molecule has 2 aliphatic rings. The molecule has 31 heavy (non-hydrogen) atoms. The van der Waals surface area contributed by atoms with Gasteiger partial charge in [0, 0.05) is 17.1 Å². The third kappa shape index (κ3) is 4.28. The van der Waals surface area contributed by atoms with Gasteiger partial charge < -0.3 is 4.57 Å². The standard InChI is InChI=1S/C24H27N5OS/c1-4-5-6-10-13-21-27-29-22(25)20(23(30)26-24(29)31-21)15-18-14-16(2)28(17(18)3)19-11-8-7-9-12-19/h7-9,11-12,14-15,25H,4-6,10,13H2,1-3H3/b20-15+,25-22?. The van der Waals surface area contributed by atoms with E-state index >= 15 is 0 Å². The average molecular weight is 434 g/mol. The zero-order chi connectivity index (χ0) is 22.0. The van der Waals surface area contributed by atoms with Gasteiger partial charge >= 0.3 is 0 Å². The van der Waals surface area contributed by atoms with Crippen molar-refractivity contribution in [1.82, 2.24) is 9.58 Å². The summed E-state index contributed by atoms with van der Waals surface area (Å²) in [6, 6.07) is 12.2. The average Bonchev–Trinajstić information content (AvgIpc) is 3.29. The number of fused-ring (bicyclic) bond motifs is 1. The van der Waals surface area contributed by atoms with Gasteiger partial charge in [0.25, 0.3) is 5.91 Å². The summed E-state index contributed by atoms with van der Waals surface area (Å²) in [4.78, 5) is 17.0. The molecule has 0 spiro atoms. The second kappa shape index (κ2) is 9.06. The van der Waals surface area contributed by atoms with Gasteiger partial charge in [-0.25, -0.2) is 0 Å². The lowest BCUT2D eigenvalue weighted by atomic mass is 10.1. The van der Waals surface area contributed by atoms with Crippen LogP contribution in [0, 0.1) is 19.3 Å². The van der Waals surface area contributed by atoms with Crippen LogP contribution in [0.15, 0.2) is 52.1 Å². The molecule has 0 atom stereocenters. The fraction of sp³-hybridized carbons (Fsp3) is 0.333. The molecular weight excluding hydrogens is 406 g/mol. The number of rotatable bonds is 7. The molecule has 0 fully saturated rings. The number of carbonyl (C=O) groups excluding carboxylic acids is 1. The van der Waals surface area contributed by atoms with Gasteiger partial charge in [-0.2, -0.15) is 15.1 Å². The number of hydrogen-bond acceptors (Lipinski definition) is 4. The van der Waals surface area contributed by atoms with E-state index in [0.717, 1.165) is 40.5 Å². The van der Waals surface area contributed by atoms with Crippen LogP contribution in [0.3, 0.4) is 0 Å². The number of carbonyl (C=O) groups is 1. The summed E-state index contributed by atoms with van der Waals surface area (Å²) >= 11 is 1.41. The summed E-state index contributed by atoms with van der Waals surface area (Å²) < 4.78 is 2.15. The van der Waals surface area contributed by atoms with Gasteiger partial charge in [-0.05, 0) is 68.3 Å². The van der Waals surface area contributed by atoms with E-state index in [1.165, 1.54) is 36.0 Å². The van der Waals surface area contributed by atoms with E-state index in [1.54, 1.807) is 6.08 Å². The van der Waals surface area contributed by atoms with Crippen molar-refractivity contribution in [3.63, 3.8) is 0 Å². The topological polar surface area (TPSA) is 73.8 Å². The number of amides is 1. The third-order valence-corrected chi connectivity index (χ3v) is 6.49. The summed E-state index contributed by atoms with van der Waals surface area (Å²) in [5, 5.41) is 16.1. The summed E-state index contributed by atoms with van der Waals surface area (Å²) in [5.74, 6) is -0.286. The number of hydrogen-bond donors (Lipinski definition) is 1. The number of unbranched alkanes of at least 4 members (excludes halogenated alkanes) is 3. The normalized spacial score (nSPS) is 17.3. The van der Waals surface area contributed by atoms with Crippen molar-refractivity contribution in [2.24, 2.45) is 10.1 Å². The Balaban J connectivity index is 1.60. The van der Waals surface area contributed by atoms with Crippen molar-refractivity contribution in [2.75, 3.05) is 0 Å². The molecule has 0 unspecified atom stereocenters. The first kappa shape index (κ1) is 21.3. The summed E-state index contributed by atoms with van der Waals surface area (Å²) in [5.41, 5.74) is 4.33. The van der Waals surface area contributed by atoms with Crippen LogP contribution in [0.5, 0.6) is 0 Å². The number of aryl methyl sites for hydroxylation is 1. The van der Waals surface area contributed by atoms with Crippen molar-refractivity contribution in [2.45, 2.75) is 52.9 Å². The highest BCUT2D eigenvalue weighted by Crippen LogP contribution is 2.31. The smallest absolute Gasteiger partial charge is 0.283 e. The molecule has 3 heterocycles. The zero-order valence-electron chi connectivity index (χ0n) is 18.2. The van der Waals surface area contributed by atoms with Gasteiger partial charge in [-0.15, -0.1) is 0 Å². The van der Waals surface area contributed by atoms with Crippen LogP contribution in [0.2, 0.25) is 0 Å². The largest absolute Gasteiger partial charge is 0.318 e. The Hall–Kier alpha value is -2.93. The predicted octanol–water partition coefficient (Wildman–Crippen LogP) is 5.68. The maximum atomic E-state index is 12.7. The van der Waals surface area contributed by atoms with Crippen molar-refractivity contribution < 1.29 is 4.79 Å². The monoisotopic (exact) mass is 433 g/mol. The fourth-order valence-corrected chi connectivity index (χ4v) is 4.83. The fourth-order valence-electron chi connectivity index (χ4n) is 3.90. The Labute approximate surface area is 187 Å². The van der Waals surface area contributed by atoms with Crippen molar-refractivity contribution in [3.05, 3.63) is 58.9 Å². The molecule has 0 saturated carbocycles. The lowest BCUT2D eigenvalue weighted by Gasteiger charge is -2.20. The number of benzene rings is 1. The Morgan fingerprint density at radius 3 is 2.65 bits per heavy atom. The van der Waals surface area contributed by atoms with E-state index in [0.29, 0.717) is 5.17 Å². The van der Waals surface area contributed by atoms with Gasteiger partial charge in [0.15, 0.2) is 5.84 Å². The molecule has 4 rings (SSSR count). The zero-order valence-corrected chi connectivity index (χ0v) is 19.0. The lowest BCUT2D eigenvalue weighted by molar-refractivity contribution is -0.114. The van der Waals surface area contributed by atoms with Crippen molar-refractivity contribution in [3.8, 4) is 5.69 Å². The maximum absolute atomic E-state index is 12.7. The summed E-state index contributed by atoms with van der Waals surface area (Å²) in [6.45, 7) is 6.25. The maximum Gasteiger partial charge on any atom is 0.283 e. The molecule has 0 radical (unpaired) electrons. The van der Waals surface area contributed by atoms with E-state index < -0.39 is 0 Å². The molecule has 0 aliphatic carbocycles. The number of aliphatic imine (C=N–C) groups is 1. The van der Waals surface area contributed by atoms with Crippen LogP contribution in [-0.2, 0) is 4.79 Å². The van der Waals surface area contributed by atoms with Crippen LogP contribution < -0.4 is 0 Å². The number of amidine groups is 2. The Kier molecular flexibility index (Phi) is 6.23. The molecule has 1 aromatic carbocycles. The molecule has 0 saturated heterocycles. The second-order valence-electron chi connectivity index (χ2n) is 7.82. The Morgan fingerprint density at radius 2 is 1.90 bits per heavy atom. The lowest BCUT2D eigenvalue weighted by Crippen LogP contribution is -2.35. The van der Waals surface area contributed by atoms with E-state index in [-0.39, 0.29) is 17.3 Å². The van der Waals surface area contributed by atoms with Gasteiger partial charge in [0.1, 0.15) is 5.04 Å². The van der Waals surface area contributed by atoms with Crippen LogP contribution in [0.25, 0.3) is 11.8 Å². The van der Waals surface area contributed by atoms with Crippen LogP contribution in [0.4, 0.5) is 0 Å². The Bertz CT molecular complexity index is 1110. The molecule has 7 heteroatoms. The minimum absolute atomic E-state index is 0.0931. The molecule has 2 aliphatic heterocycles. The molecule has 6 nitrogen and oxygen atoms in total. The van der Waals surface area contributed by atoms with Gasteiger partial charge in [0.2, 0.25) is 5.17 Å².